The molecular formula is C6H9NO8P2. The normalized spacial score (nSPS) is 31.0. The van der Waals surface area contributed by atoms with E-state index in [0.717, 1.165) is 0 Å². The van der Waals surface area contributed by atoms with Crippen molar-refractivity contribution in [2.24, 2.45) is 0 Å². The summed E-state index contributed by atoms with van der Waals surface area (Å²) in [6.07, 6.45) is 1.98. The molecule has 2 rings (SSSR count). The Balaban J connectivity index is 1.98. The summed E-state index contributed by atoms with van der Waals surface area (Å²) in [4.78, 5) is 38.2. The van der Waals surface area contributed by atoms with Crippen LogP contribution in [0.1, 0.15) is 6.42 Å². The van der Waals surface area contributed by atoms with Crippen molar-refractivity contribution < 1.29 is 37.4 Å². The Morgan fingerprint density at radius 2 is 2.00 bits per heavy atom. The van der Waals surface area contributed by atoms with E-state index in [1.807, 2.05) is 0 Å². The van der Waals surface area contributed by atoms with Gasteiger partial charge in [-0.2, -0.15) is 4.31 Å². The van der Waals surface area contributed by atoms with Crippen LogP contribution in [0.2, 0.25) is 0 Å². The van der Waals surface area contributed by atoms with Crippen LogP contribution in [0.3, 0.4) is 0 Å². The monoisotopic (exact) mass is 285 g/mol. The first-order chi connectivity index (χ1) is 7.68. The van der Waals surface area contributed by atoms with Crippen molar-refractivity contribution in [1.29, 1.82) is 0 Å². The molecule has 96 valence electrons. The first-order valence-corrected chi connectivity index (χ1v) is 7.48. The SMILES string of the molecule is O=C1CC2C(OP(=O)(O)OP(=O)(O)O)C=CN12. The summed E-state index contributed by atoms with van der Waals surface area (Å²) >= 11 is 0. The van der Waals surface area contributed by atoms with Gasteiger partial charge >= 0.3 is 15.6 Å². The van der Waals surface area contributed by atoms with Gasteiger partial charge in [-0.05, 0) is 6.08 Å². The Labute approximate surface area is 95.5 Å². The first kappa shape index (κ1) is 12.9. The molecular weight excluding hydrogens is 276 g/mol. The highest BCUT2D eigenvalue weighted by Gasteiger charge is 2.47. The molecule has 11 heteroatoms. The number of β-lactam (4-membered cyclic amide) rings is 1. The fourth-order valence-corrected chi connectivity index (χ4v) is 3.39. The number of amides is 1. The van der Waals surface area contributed by atoms with Gasteiger partial charge < -0.3 is 19.6 Å². The smallest absolute Gasteiger partial charge is 0.313 e. The number of carbonyl (C=O) groups excluding carboxylic acids is 1. The molecule has 0 aliphatic carbocycles. The van der Waals surface area contributed by atoms with Crippen molar-refractivity contribution in [1.82, 2.24) is 4.90 Å². The molecule has 2 aliphatic rings. The molecule has 9 nitrogen and oxygen atoms in total. The van der Waals surface area contributed by atoms with Crippen LogP contribution < -0.4 is 0 Å². The van der Waals surface area contributed by atoms with Gasteiger partial charge in [-0.25, -0.2) is 9.13 Å². The van der Waals surface area contributed by atoms with E-state index < -0.39 is 27.8 Å². The van der Waals surface area contributed by atoms with E-state index in [-0.39, 0.29) is 12.3 Å². The van der Waals surface area contributed by atoms with Crippen molar-refractivity contribution in [3.63, 3.8) is 0 Å². The lowest BCUT2D eigenvalue weighted by molar-refractivity contribution is -0.143. The third kappa shape index (κ3) is 2.83. The molecule has 0 aromatic heterocycles. The summed E-state index contributed by atoms with van der Waals surface area (Å²) < 4.78 is 29.8. The third-order valence-corrected chi connectivity index (χ3v) is 4.50. The topological polar surface area (TPSA) is 134 Å². The molecule has 1 amide bonds. The average molecular weight is 285 g/mol. The Morgan fingerprint density at radius 3 is 2.47 bits per heavy atom. The van der Waals surface area contributed by atoms with E-state index >= 15 is 0 Å². The van der Waals surface area contributed by atoms with Gasteiger partial charge in [-0.1, -0.05) is 0 Å². The van der Waals surface area contributed by atoms with E-state index in [4.69, 9.17) is 14.7 Å². The summed E-state index contributed by atoms with van der Waals surface area (Å²) in [6.45, 7) is 0. The minimum absolute atomic E-state index is 0.146. The molecule has 1 fully saturated rings. The van der Waals surface area contributed by atoms with Crippen molar-refractivity contribution in [3.05, 3.63) is 12.3 Å². The molecule has 0 aromatic carbocycles. The molecule has 2 heterocycles. The van der Waals surface area contributed by atoms with Crippen LogP contribution >= 0.6 is 15.6 Å². The molecule has 1 saturated heterocycles. The fraction of sp³-hybridized carbons (Fsp3) is 0.500. The zero-order chi connectivity index (χ0) is 12.8. The Kier molecular flexibility index (Phi) is 3.04. The Morgan fingerprint density at radius 1 is 1.35 bits per heavy atom. The second-order valence-corrected chi connectivity index (χ2v) is 6.31. The third-order valence-electron chi connectivity index (χ3n) is 2.31. The highest BCUT2D eigenvalue weighted by atomic mass is 31.3. The molecule has 3 atom stereocenters. The summed E-state index contributed by atoms with van der Waals surface area (Å²) in [5.74, 6) is -0.152. The maximum atomic E-state index is 11.2. The highest BCUT2D eigenvalue weighted by molar-refractivity contribution is 7.60. The van der Waals surface area contributed by atoms with Crippen LogP contribution in [-0.4, -0.2) is 37.6 Å². The highest BCUT2D eigenvalue weighted by Crippen LogP contribution is 2.59. The van der Waals surface area contributed by atoms with Gasteiger partial charge in [0.15, 0.2) is 0 Å². The number of phosphoric acid groups is 2. The number of hydrogen-bond acceptors (Lipinski definition) is 5. The second kappa shape index (κ2) is 4.00. The molecule has 17 heavy (non-hydrogen) atoms. The van der Waals surface area contributed by atoms with Crippen LogP contribution in [0.25, 0.3) is 0 Å². The number of phosphoric ester groups is 1. The summed E-state index contributed by atoms with van der Waals surface area (Å²) in [7, 11) is -9.98. The molecule has 0 aromatic rings. The maximum Gasteiger partial charge on any atom is 0.481 e. The molecule has 3 unspecified atom stereocenters. The lowest BCUT2D eigenvalue weighted by Crippen LogP contribution is -2.51. The van der Waals surface area contributed by atoms with Gasteiger partial charge in [0.05, 0.1) is 12.5 Å². The van der Waals surface area contributed by atoms with Crippen molar-refractivity contribution in [2.75, 3.05) is 0 Å². The molecule has 0 radical (unpaired) electrons. The van der Waals surface area contributed by atoms with Crippen LogP contribution in [0.15, 0.2) is 12.3 Å². The summed E-state index contributed by atoms with van der Waals surface area (Å²) in [5.41, 5.74) is 0. The largest absolute Gasteiger partial charge is 0.481 e. The molecule has 0 spiro atoms. The predicted molar refractivity (Wildman–Crippen MR) is 52.2 cm³/mol. The lowest BCUT2D eigenvalue weighted by Gasteiger charge is -2.36. The van der Waals surface area contributed by atoms with Gasteiger partial charge in [-0.3, -0.25) is 9.32 Å². The van der Waals surface area contributed by atoms with Gasteiger partial charge in [0.2, 0.25) is 5.91 Å². The maximum absolute atomic E-state index is 11.2. The van der Waals surface area contributed by atoms with E-state index in [0.29, 0.717) is 0 Å². The minimum Gasteiger partial charge on any atom is -0.313 e. The van der Waals surface area contributed by atoms with Gasteiger partial charge in [0.1, 0.15) is 6.10 Å². The Hall–Kier alpha value is -0.530. The molecule has 0 saturated carbocycles. The zero-order valence-electron chi connectivity index (χ0n) is 8.24. The van der Waals surface area contributed by atoms with Gasteiger partial charge in [0, 0.05) is 6.20 Å². The average Bonchev–Trinajstić information content (AvgIpc) is 2.37. The number of hydrogen-bond donors (Lipinski definition) is 3. The molecule has 0 bridgehead atoms. The first-order valence-electron chi connectivity index (χ1n) is 4.45. The van der Waals surface area contributed by atoms with Crippen molar-refractivity contribution >= 4 is 21.6 Å². The summed E-state index contributed by atoms with van der Waals surface area (Å²) in [5, 5.41) is 0. The Bertz CT molecular complexity index is 469. The zero-order valence-corrected chi connectivity index (χ0v) is 10.0. The van der Waals surface area contributed by atoms with E-state index in [9.17, 15) is 13.9 Å². The van der Waals surface area contributed by atoms with E-state index in [1.165, 1.54) is 17.2 Å². The second-order valence-electron chi connectivity index (χ2n) is 3.52. The van der Waals surface area contributed by atoms with Crippen LogP contribution in [0.4, 0.5) is 0 Å². The van der Waals surface area contributed by atoms with Crippen molar-refractivity contribution in [2.45, 2.75) is 18.6 Å². The molecule has 2 aliphatic heterocycles. The minimum atomic E-state index is -5.12. The predicted octanol–water partition coefficient (Wildman–Crippen LogP) is -0.291. The van der Waals surface area contributed by atoms with Crippen molar-refractivity contribution in [3.8, 4) is 0 Å². The van der Waals surface area contributed by atoms with Crippen LogP contribution in [-0.2, 0) is 22.8 Å². The molecule has 3 N–H and O–H groups in total. The fourth-order valence-electron chi connectivity index (χ4n) is 1.64. The summed E-state index contributed by atoms with van der Waals surface area (Å²) in [6, 6.07) is -0.414. The van der Waals surface area contributed by atoms with E-state index in [1.54, 1.807) is 0 Å². The van der Waals surface area contributed by atoms with Gasteiger partial charge in [0.25, 0.3) is 0 Å². The quantitative estimate of drug-likeness (QED) is 0.474. The number of nitrogens with zero attached hydrogens (tertiary/aromatic N) is 1. The lowest BCUT2D eigenvalue weighted by atomic mass is 10.0. The van der Waals surface area contributed by atoms with Crippen LogP contribution in [0.5, 0.6) is 0 Å². The van der Waals surface area contributed by atoms with Crippen LogP contribution in [0, 0.1) is 0 Å². The number of carbonyl (C=O) groups is 1. The van der Waals surface area contributed by atoms with E-state index in [2.05, 4.69) is 8.83 Å². The standard InChI is InChI=1S/C6H9NO8P2/c8-6-3-4-5(1-2-7(4)6)14-17(12,13)15-16(9,10)11/h1-2,4-5H,3H2,(H,12,13)(H2,9,10,11). The van der Waals surface area contributed by atoms with Gasteiger partial charge in [-0.15, -0.1) is 0 Å². The number of rotatable bonds is 4. The number of fused-ring (bicyclic) bond motifs is 1.